The van der Waals surface area contributed by atoms with Gasteiger partial charge in [-0.3, -0.25) is 4.79 Å². The van der Waals surface area contributed by atoms with Gasteiger partial charge in [-0.2, -0.15) is 0 Å². The van der Waals surface area contributed by atoms with E-state index in [9.17, 15) is 15.0 Å². The molecule has 5 nitrogen and oxygen atoms in total. The Morgan fingerprint density at radius 3 is 2.15 bits per heavy atom. The molecule has 0 saturated carbocycles. The van der Waals surface area contributed by atoms with Crippen molar-refractivity contribution in [1.82, 2.24) is 0 Å². The molecule has 0 bridgehead atoms. The fourth-order valence-electron chi connectivity index (χ4n) is 0.852. The van der Waals surface area contributed by atoms with Crippen molar-refractivity contribution in [3.05, 3.63) is 0 Å². The molecule has 13 heavy (non-hydrogen) atoms. The monoisotopic (exact) mass is 191 g/mol. The molecule has 0 saturated heterocycles. The van der Waals surface area contributed by atoms with Crippen molar-refractivity contribution in [1.29, 1.82) is 0 Å². The lowest BCUT2D eigenvalue weighted by Crippen LogP contribution is -2.49. The van der Waals surface area contributed by atoms with Crippen LogP contribution in [-0.2, 0) is 4.79 Å². The lowest BCUT2D eigenvalue weighted by atomic mass is 9.96. The highest BCUT2D eigenvalue weighted by molar-refractivity contribution is 5.85. The van der Waals surface area contributed by atoms with Gasteiger partial charge in [-0.15, -0.1) is 0 Å². The largest absolute Gasteiger partial charge is 0.395 e. The average Bonchev–Trinajstić information content (AvgIpc) is 2.12. The van der Waals surface area contributed by atoms with Crippen molar-refractivity contribution in [2.75, 3.05) is 6.61 Å². The van der Waals surface area contributed by atoms with Gasteiger partial charge in [-0.05, 0) is 0 Å². The van der Waals surface area contributed by atoms with Crippen LogP contribution in [0.2, 0.25) is 0 Å². The molecule has 0 aromatic heterocycles. The minimum absolute atomic E-state index is 0.365. The smallest absolute Gasteiger partial charge is 0.166 e. The third kappa shape index (κ3) is 3.40. The summed E-state index contributed by atoms with van der Waals surface area (Å²) in [6, 6.07) is -0.988. The van der Waals surface area contributed by atoms with Crippen LogP contribution in [0.5, 0.6) is 0 Å². The molecular formula is C8H17NO4. The first-order valence-corrected chi connectivity index (χ1v) is 4.18. The van der Waals surface area contributed by atoms with Crippen LogP contribution < -0.4 is 5.73 Å². The molecule has 5 heteroatoms. The molecule has 0 spiro atoms. The summed E-state index contributed by atoms with van der Waals surface area (Å²) in [6.45, 7) is 2.76. The highest BCUT2D eigenvalue weighted by atomic mass is 16.3. The predicted molar refractivity (Wildman–Crippen MR) is 46.9 cm³/mol. The molecular weight excluding hydrogens is 174 g/mol. The summed E-state index contributed by atoms with van der Waals surface area (Å²) in [5.74, 6) is -0.841. The van der Waals surface area contributed by atoms with E-state index in [1.54, 1.807) is 13.8 Å². The maximum Gasteiger partial charge on any atom is 0.166 e. The van der Waals surface area contributed by atoms with E-state index in [-0.39, 0.29) is 5.92 Å². The van der Waals surface area contributed by atoms with Crippen LogP contribution >= 0.6 is 0 Å². The van der Waals surface area contributed by atoms with Gasteiger partial charge in [0, 0.05) is 5.92 Å². The molecule has 0 radical (unpaired) electrons. The van der Waals surface area contributed by atoms with Crippen molar-refractivity contribution >= 4 is 5.78 Å². The Labute approximate surface area is 77.2 Å². The van der Waals surface area contributed by atoms with Crippen LogP contribution in [0.15, 0.2) is 0 Å². The summed E-state index contributed by atoms with van der Waals surface area (Å²) in [7, 11) is 0. The van der Waals surface area contributed by atoms with Gasteiger partial charge >= 0.3 is 0 Å². The maximum atomic E-state index is 11.2. The topological polar surface area (TPSA) is 104 Å². The first-order chi connectivity index (χ1) is 5.91. The van der Waals surface area contributed by atoms with Gasteiger partial charge in [0.25, 0.3) is 0 Å². The SMILES string of the molecule is CC(C)C(=O)[C@@H](O)C(O)C(N)CO. The van der Waals surface area contributed by atoms with Crippen molar-refractivity contribution in [3.8, 4) is 0 Å². The van der Waals surface area contributed by atoms with Gasteiger partial charge < -0.3 is 21.1 Å². The first kappa shape index (κ1) is 12.5. The second kappa shape index (κ2) is 5.29. The van der Waals surface area contributed by atoms with E-state index in [2.05, 4.69) is 0 Å². The zero-order chi connectivity index (χ0) is 10.6. The number of ketones is 1. The Bertz CT molecular complexity index is 172. The lowest BCUT2D eigenvalue weighted by Gasteiger charge is -2.22. The Hall–Kier alpha value is -0.490. The van der Waals surface area contributed by atoms with Crippen LogP contribution in [0.25, 0.3) is 0 Å². The van der Waals surface area contributed by atoms with Gasteiger partial charge in [-0.25, -0.2) is 0 Å². The molecule has 0 aliphatic carbocycles. The van der Waals surface area contributed by atoms with Gasteiger partial charge in [-0.1, -0.05) is 13.8 Å². The van der Waals surface area contributed by atoms with Crippen LogP contribution in [0.4, 0.5) is 0 Å². The molecule has 0 aromatic rings. The molecule has 5 N–H and O–H groups in total. The third-order valence-corrected chi connectivity index (χ3v) is 1.83. The number of aliphatic hydroxyl groups is 3. The molecule has 3 atom stereocenters. The van der Waals surface area contributed by atoms with E-state index in [1.807, 2.05) is 0 Å². The van der Waals surface area contributed by atoms with Crippen LogP contribution in [0, 0.1) is 5.92 Å². The van der Waals surface area contributed by atoms with Crippen molar-refractivity contribution in [2.45, 2.75) is 32.1 Å². The fourth-order valence-corrected chi connectivity index (χ4v) is 0.852. The number of carbonyl (C=O) groups is 1. The molecule has 2 unspecified atom stereocenters. The minimum atomic E-state index is -1.51. The second-order valence-electron chi connectivity index (χ2n) is 3.34. The first-order valence-electron chi connectivity index (χ1n) is 4.18. The van der Waals surface area contributed by atoms with Gasteiger partial charge in [0.2, 0.25) is 0 Å². The maximum absolute atomic E-state index is 11.2. The quantitative estimate of drug-likeness (QED) is 0.412. The fraction of sp³-hybridized carbons (Fsp3) is 0.875. The Balaban J connectivity index is 4.24. The highest BCUT2D eigenvalue weighted by Crippen LogP contribution is 2.05. The zero-order valence-electron chi connectivity index (χ0n) is 7.84. The molecule has 0 rings (SSSR count). The number of Topliss-reactive ketones (excluding diaryl/α,β-unsaturated/α-hetero) is 1. The van der Waals surface area contributed by atoms with Crippen LogP contribution in [0.3, 0.4) is 0 Å². The molecule has 0 fully saturated rings. The number of hydrogen-bond donors (Lipinski definition) is 4. The van der Waals surface area contributed by atoms with E-state index in [0.717, 1.165) is 0 Å². The summed E-state index contributed by atoms with van der Waals surface area (Å²) in [5.41, 5.74) is 5.24. The minimum Gasteiger partial charge on any atom is -0.395 e. The number of aliphatic hydroxyl groups excluding tert-OH is 3. The summed E-state index contributed by atoms with van der Waals surface area (Å²) < 4.78 is 0. The van der Waals surface area contributed by atoms with Crippen LogP contribution in [-0.4, -0.2) is 46.0 Å². The molecule has 0 heterocycles. The van der Waals surface area contributed by atoms with Gasteiger partial charge in [0.05, 0.1) is 12.6 Å². The average molecular weight is 191 g/mol. The number of hydrogen-bond acceptors (Lipinski definition) is 5. The summed E-state index contributed by atoms with van der Waals surface area (Å²) in [4.78, 5) is 11.2. The van der Waals surface area contributed by atoms with Crippen molar-refractivity contribution in [2.24, 2.45) is 11.7 Å². The van der Waals surface area contributed by atoms with Crippen molar-refractivity contribution in [3.63, 3.8) is 0 Å². The molecule has 0 aliphatic heterocycles. The van der Waals surface area contributed by atoms with Gasteiger partial charge in [0.1, 0.15) is 12.2 Å². The van der Waals surface area contributed by atoms with E-state index in [4.69, 9.17) is 10.8 Å². The predicted octanol–water partition coefficient (Wildman–Crippen LogP) is -1.75. The number of nitrogens with two attached hydrogens (primary N) is 1. The van der Waals surface area contributed by atoms with E-state index in [1.165, 1.54) is 0 Å². The van der Waals surface area contributed by atoms with E-state index < -0.39 is 30.6 Å². The number of carbonyl (C=O) groups excluding carboxylic acids is 1. The van der Waals surface area contributed by atoms with Crippen LogP contribution in [0.1, 0.15) is 13.8 Å². The molecule has 0 aromatic carbocycles. The Morgan fingerprint density at radius 1 is 1.38 bits per heavy atom. The second-order valence-corrected chi connectivity index (χ2v) is 3.34. The van der Waals surface area contributed by atoms with E-state index >= 15 is 0 Å². The standard InChI is InChI=1S/C8H17NO4/c1-4(2)6(11)8(13)7(12)5(9)3-10/h4-5,7-8,10,12-13H,3,9H2,1-2H3/t5?,7?,8-/m1/s1. The summed E-state index contributed by atoms with van der Waals surface area (Å²) in [6.07, 6.45) is -2.91. The van der Waals surface area contributed by atoms with E-state index in [0.29, 0.717) is 0 Å². The highest BCUT2D eigenvalue weighted by Gasteiger charge is 2.29. The lowest BCUT2D eigenvalue weighted by molar-refractivity contribution is -0.137. The van der Waals surface area contributed by atoms with Crippen molar-refractivity contribution < 1.29 is 20.1 Å². The Kier molecular flexibility index (Phi) is 5.09. The zero-order valence-corrected chi connectivity index (χ0v) is 7.84. The molecule has 0 aliphatic rings. The normalized spacial score (nSPS) is 18.4. The Morgan fingerprint density at radius 2 is 1.85 bits per heavy atom. The molecule has 78 valence electrons. The third-order valence-electron chi connectivity index (χ3n) is 1.83. The molecule has 0 amide bonds. The number of rotatable bonds is 5. The summed E-state index contributed by atoms with van der Waals surface area (Å²) >= 11 is 0. The van der Waals surface area contributed by atoms with Gasteiger partial charge in [0.15, 0.2) is 5.78 Å². The summed E-state index contributed by atoms with van der Waals surface area (Å²) in [5, 5.41) is 27.1.